The number of carboxylic acids is 1. The third kappa shape index (κ3) is 4.76. The second-order valence-electron chi connectivity index (χ2n) is 6.63. The molecule has 1 atom stereocenters. The van der Waals surface area contributed by atoms with Gasteiger partial charge >= 0.3 is 12.1 Å². The van der Waals surface area contributed by atoms with Crippen LogP contribution in [0.25, 0.3) is 0 Å². The number of nitrogens with one attached hydrogen (secondary N) is 1. The van der Waals surface area contributed by atoms with Crippen molar-refractivity contribution in [2.75, 3.05) is 0 Å². The minimum absolute atomic E-state index is 0.233. The van der Waals surface area contributed by atoms with E-state index in [0.29, 0.717) is 5.69 Å². The number of hydrogen-bond acceptors (Lipinski definition) is 2. The maximum atomic E-state index is 12.5. The van der Waals surface area contributed by atoms with Crippen LogP contribution in [0.5, 0.6) is 0 Å². The molecule has 0 saturated heterocycles. The first-order chi connectivity index (χ1) is 11.6. The fourth-order valence-corrected chi connectivity index (χ4v) is 3.58. The predicted molar refractivity (Wildman–Crippen MR) is 85.6 cm³/mol. The number of aromatic nitrogens is 1. The summed E-state index contributed by atoms with van der Waals surface area (Å²) in [6.45, 7) is 3.60. The van der Waals surface area contributed by atoms with E-state index in [2.05, 4.69) is 0 Å². The van der Waals surface area contributed by atoms with Crippen molar-refractivity contribution in [1.29, 1.82) is 0 Å². The normalized spacial score (nSPS) is 17.3. The van der Waals surface area contributed by atoms with Crippen LogP contribution in [0.1, 0.15) is 66.3 Å². The van der Waals surface area contributed by atoms with Crippen LogP contribution < -0.4 is 5.32 Å². The average Bonchev–Trinajstić information content (AvgIpc) is 2.81. The highest BCUT2D eigenvalue weighted by Gasteiger charge is 2.37. The minimum Gasteiger partial charge on any atom is -0.480 e. The van der Waals surface area contributed by atoms with E-state index in [4.69, 9.17) is 5.11 Å². The molecule has 1 saturated carbocycles. The van der Waals surface area contributed by atoms with Crippen LogP contribution in [0.15, 0.2) is 6.07 Å². The molecule has 0 bridgehead atoms. The summed E-state index contributed by atoms with van der Waals surface area (Å²) >= 11 is 0. The Kier molecular flexibility index (Phi) is 5.80. The van der Waals surface area contributed by atoms with Gasteiger partial charge in [-0.2, -0.15) is 13.2 Å². The highest BCUT2D eigenvalue weighted by molar-refractivity contribution is 5.97. The number of hydrogen-bond donors (Lipinski definition) is 2. The maximum Gasteiger partial charge on any atom is 0.391 e. The van der Waals surface area contributed by atoms with Gasteiger partial charge in [0.05, 0.1) is 12.0 Å². The zero-order valence-electron chi connectivity index (χ0n) is 14.3. The van der Waals surface area contributed by atoms with Gasteiger partial charge in [-0.05, 0) is 32.8 Å². The zero-order valence-corrected chi connectivity index (χ0v) is 14.3. The monoisotopic (exact) mass is 360 g/mol. The first-order valence-electron chi connectivity index (χ1n) is 8.39. The number of carbonyl (C=O) groups excluding carboxylic acids is 1. The fraction of sp³-hybridized carbons (Fsp3) is 0.647. The SMILES string of the molecule is Cc1cc(C(=O)NC(CC(F)(F)F)C(=O)O)c(C)n1C1CCCCC1. The molecule has 140 valence electrons. The van der Waals surface area contributed by atoms with Gasteiger partial charge in [0.1, 0.15) is 6.04 Å². The first-order valence-corrected chi connectivity index (χ1v) is 8.39. The Balaban J connectivity index is 2.20. The van der Waals surface area contributed by atoms with Gasteiger partial charge in [-0.1, -0.05) is 19.3 Å². The molecule has 8 heteroatoms. The summed E-state index contributed by atoms with van der Waals surface area (Å²) in [5.41, 5.74) is 1.76. The Morgan fingerprint density at radius 3 is 2.40 bits per heavy atom. The molecule has 1 unspecified atom stereocenters. The zero-order chi connectivity index (χ0) is 18.8. The summed E-state index contributed by atoms with van der Waals surface area (Å²) < 4.78 is 39.5. The molecule has 0 aromatic carbocycles. The van der Waals surface area contributed by atoms with Crippen LogP contribution >= 0.6 is 0 Å². The van der Waals surface area contributed by atoms with Crippen LogP contribution in [0, 0.1) is 13.8 Å². The van der Waals surface area contributed by atoms with Crippen LogP contribution in [-0.2, 0) is 4.79 Å². The van der Waals surface area contributed by atoms with Crippen LogP contribution in [0.4, 0.5) is 13.2 Å². The van der Waals surface area contributed by atoms with Crippen molar-refractivity contribution in [1.82, 2.24) is 9.88 Å². The smallest absolute Gasteiger partial charge is 0.391 e. The van der Waals surface area contributed by atoms with E-state index < -0.39 is 30.5 Å². The quantitative estimate of drug-likeness (QED) is 0.840. The molecule has 1 aliphatic rings. The molecule has 2 rings (SSSR count). The average molecular weight is 360 g/mol. The van der Waals surface area contributed by atoms with Crippen LogP contribution in [0.3, 0.4) is 0 Å². The van der Waals surface area contributed by atoms with E-state index in [-0.39, 0.29) is 11.6 Å². The lowest BCUT2D eigenvalue weighted by Gasteiger charge is -2.26. The molecular weight excluding hydrogens is 337 g/mol. The van der Waals surface area contributed by atoms with Gasteiger partial charge in [0.25, 0.3) is 5.91 Å². The molecule has 5 nitrogen and oxygen atoms in total. The number of carbonyl (C=O) groups is 2. The molecule has 1 fully saturated rings. The van der Waals surface area contributed by atoms with Crippen molar-refractivity contribution in [2.45, 2.75) is 70.6 Å². The lowest BCUT2D eigenvalue weighted by Crippen LogP contribution is -2.43. The predicted octanol–water partition coefficient (Wildman–Crippen LogP) is 3.75. The van der Waals surface area contributed by atoms with Gasteiger partial charge in [0.2, 0.25) is 0 Å². The van der Waals surface area contributed by atoms with Crippen molar-refractivity contribution in [3.05, 3.63) is 23.0 Å². The Labute approximate surface area is 144 Å². The van der Waals surface area contributed by atoms with Crippen molar-refractivity contribution < 1.29 is 27.9 Å². The van der Waals surface area contributed by atoms with Crippen molar-refractivity contribution in [3.8, 4) is 0 Å². The molecule has 2 N–H and O–H groups in total. The second-order valence-corrected chi connectivity index (χ2v) is 6.63. The standard InChI is InChI=1S/C17H23F3N2O3/c1-10-8-13(11(2)22(10)12-6-4-3-5-7-12)15(23)21-14(16(24)25)9-17(18,19)20/h8,12,14H,3-7,9H2,1-2H3,(H,21,23)(H,24,25). The molecule has 0 spiro atoms. The van der Waals surface area contributed by atoms with Crippen LogP contribution in [-0.4, -0.2) is 33.8 Å². The number of halogens is 3. The van der Waals surface area contributed by atoms with E-state index in [1.54, 1.807) is 13.0 Å². The maximum absolute atomic E-state index is 12.5. The van der Waals surface area contributed by atoms with Crippen molar-refractivity contribution in [3.63, 3.8) is 0 Å². The molecule has 0 aliphatic heterocycles. The van der Waals surface area contributed by atoms with Gasteiger partial charge < -0.3 is 15.0 Å². The number of aryl methyl sites for hydroxylation is 1. The summed E-state index contributed by atoms with van der Waals surface area (Å²) in [7, 11) is 0. The molecule has 0 radical (unpaired) electrons. The van der Waals surface area contributed by atoms with E-state index in [1.165, 1.54) is 6.42 Å². The lowest BCUT2D eigenvalue weighted by atomic mass is 9.95. The van der Waals surface area contributed by atoms with E-state index in [0.717, 1.165) is 31.4 Å². The van der Waals surface area contributed by atoms with Crippen molar-refractivity contribution >= 4 is 11.9 Å². The molecule has 25 heavy (non-hydrogen) atoms. The minimum atomic E-state index is -4.67. The van der Waals surface area contributed by atoms with E-state index in [1.807, 2.05) is 16.8 Å². The molecule has 1 aromatic heterocycles. The van der Waals surface area contributed by atoms with E-state index in [9.17, 15) is 22.8 Å². The van der Waals surface area contributed by atoms with Gasteiger partial charge in [-0.3, -0.25) is 4.79 Å². The number of alkyl halides is 3. The first kappa shape index (κ1) is 19.3. The molecule has 1 heterocycles. The summed E-state index contributed by atoms with van der Waals surface area (Å²) in [4.78, 5) is 23.4. The fourth-order valence-electron chi connectivity index (χ4n) is 3.58. The molecular formula is C17H23F3N2O3. The number of amides is 1. The van der Waals surface area contributed by atoms with Gasteiger partial charge in [-0.15, -0.1) is 0 Å². The molecule has 1 aromatic rings. The van der Waals surface area contributed by atoms with Gasteiger partial charge in [-0.25, -0.2) is 4.79 Å². The number of carboxylic acid groups (broad SMARTS) is 1. The summed E-state index contributed by atoms with van der Waals surface area (Å²) in [5, 5.41) is 10.9. The second kappa shape index (κ2) is 7.49. The Morgan fingerprint density at radius 1 is 1.28 bits per heavy atom. The number of nitrogens with zero attached hydrogens (tertiary/aromatic N) is 1. The number of aliphatic carboxylic acids is 1. The third-order valence-electron chi connectivity index (χ3n) is 4.71. The largest absolute Gasteiger partial charge is 0.480 e. The molecule has 1 aliphatic carbocycles. The summed E-state index contributed by atoms with van der Waals surface area (Å²) in [6, 6.07) is -0.0998. The van der Waals surface area contributed by atoms with E-state index >= 15 is 0 Å². The Morgan fingerprint density at radius 2 is 1.88 bits per heavy atom. The highest BCUT2D eigenvalue weighted by Crippen LogP contribution is 2.32. The van der Waals surface area contributed by atoms with Crippen molar-refractivity contribution in [2.24, 2.45) is 0 Å². The topological polar surface area (TPSA) is 71.3 Å². The Hall–Kier alpha value is -1.99. The van der Waals surface area contributed by atoms with Crippen LogP contribution in [0.2, 0.25) is 0 Å². The molecule has 1 amide bonds. The van der Waals surface area contributed by atoms with Gasteiger partial charge in [0, 0.05) is 17.4 Å². The summed E-state index contributed by atoms with van der Waals surface area (Å²) in [6.07, 6.45) is -0.871. The lowest BCUT2D eigenvalue weighted by molar-refractivity contribution is -0.157. The summed E-state index contributed by atoms with van der Waals surface area (Å²) in [5.74, 6) is -2.49. The van der Waals surface area contributed by atoms with Gasteiger partial charge in [0.15, 0.2) is 0 Å². The third-order valence-corrected chi connectivity index (χ3v) is 4.71. The highest BCUT2D eigenvalue weighted by atomic mass is 19.4. The Bertz CT molecular complexity index is 646. The number of rotatable bonds is 5.